The monoisotopic (exact) mass is 275 g/mol. The molecular formula is C13H14FN5O. The molecule has 3 rings (SSSR count). The van der Waals surface area contributed by atoms with E-state index >= 15 is 0 Å². The first-order valence-electron chi connectivity index (χ1n) is 6.40. The summed E-state index contributed by atoms with van der Waals surface area (Å²) in [5.41, 5.74) is 2.37. The number of amides is 2. The summed E-state index contributed by atoms with van der Waals surface area (Å²) in [5.74, 6) is -0.552. The van der Waals surface area contributed by atoms with Crippen LogP contribution in [0.25, 0.3) is 0 Å². The predicted octanol–water partition coefficient (Wildman–Crippen LogP) is 1.62. The Kier molecular flexibility index (Phi) is 3.32. The molecule has 2 aromatic rings. The molecule has 0 saturated heterocycles. The van der Waals surface area contributed by atoms with Crippen molar-refractivity contribution in [3.8, 4) is 0 Å². The van der Waals surface area contributed by atoms with Crippen LogP contribution in [0.3, 0.4) is 0 Å². The van der Waals surface area contributed by atoms with E-state index in [-0.39, 0.29) is 11.7 Å². The molecule has 20 heavy (non-hydrogen) atoms. The summed E-state index contributed by atoms with van der Waals surface area (Å²) < 4.78 is 13.4. The Morgan fingerprint density at radius 1 is 1.45 bits per heavy atom. The minimum atomic E-state index is -0.552. The summed E-state index contributed by atoms with van der Waals surface area (Å²) in [6.07, 6.45) is 6.69. The number of rotatable bonds is 2. The Hall–Kier alpha value is -2.44. The fourth-order valence-electron chi connectivity index (χ4n) is 2.36. The number of aromatic amines is 1. The third kappa shape index (κ3) is 2.61. The molecule has 0 aromatic carbocycles. The minimum absolute atomic E-state index is 0.0324. The van der Waals surface area contributed by atoms with Crippen LogP contribution in [0.5, 0.6) is 0 Å². The van der Waals surface area contributed by atoms with Crippen molar-refractivity contribution in [2.24, 2.45) is 0 Å². The quantitative estimate of drug-likeness (QED) is 0.779. The highest BCUT2D eigenvalue weighted by Gasteiger charge is 2.21. The van der Waals surface area contributed by atoms with Crippen molar-refractivity contribution in [2.75, 3.05) is 5.32 Å². The average Bonchev–Trinajstić information content (AvgIpc) is 2.89. The number of pyridine rings is 1. The molecule has 2 aromatic heterocycles. The zero-order valence-corrected chi connectivity index (χ0v) is 10.7. The van der Waals surface area contributed by atoms with Crippen LogP contribution in [-0.4, -0.2) is 27.3 Å². The molecule has 0 spiro atoms. The van der Waals surface area contributed by atoms with Crippen molar-refractivity contribution < 1.29 is 9.18 Å². The van der Waals surface area contributed by atoms with Crippen molar-refractivity contribution in [3.63, 3.8) is 0 Å². The molecule has 2 heterocycles. The van der Waals surface area contributed by atoms with Gasteiger partial charge in [-0.2, -0.15) is 5.10 Å². The Labute approximate surface area is 114 Å². The van der Waals surface area contributed by atoms with Crippen LogP contribution in [0.2, 0.25) is 0 Å². The molecular weight excluding hydrogens is 261 g/mol. The van der Waals surface area contributed by atoms with Gasteiger partial charge in [-0.25, -0.2) is 9.18 Å². The molecule has 0 unspecified atom stereocenters. The number of H-pyrrole nitrogens is 1. The summed E-state index contributed by atoms with van der Waals surface area (Å²) in [5, 5.41) is 12.3. The van der Waals surface area contributed by atoms with Crippen LogP contribution in [0.4, 0.5) is 14.9 Å². The van der Waals surface area contributed by atoms with Gasteiger partial charge >= 0.3 is 6.03 Å². The summed E-state index contributed by atoms with van der Waals surface area (Å²) in [4.78, 5) is 15.5. The first-order chi connectivity index (χ1) is 9.72. The van der Waals surface area contributed by atoms with Gasteiger partial charge in [0.1, 0.15) is 0 Å². The number of carbonyl (C=O) groups excluding carboxylic acids is 1. The molecule has 0 fully saturated rings. The van der Waals surface area contributed by atoms with Gasteiger partial charge in [0.05, 0.1) is 18.1 Å². The van der Waals surface area contributed by atoms with Gasteiger partial charge in [0.2, 0.25) is 0 Å². The number of hydrogen-bond acceptors (Lipinski definition) is 3. The van der Waals surface area contributed by atoms with Gasteiger partial charge < -0.3 is 10.6 Å². The Morgan fingerprint density at radius 3 is 3.20 bits per heavy atom. The second-order valence-electron chi connectivity index (χ2n) is 4.77. The Bertz CT molecular complexity index is 627. The lowest BCUT2D eigenvalue weighted by molar-refractivity contribution is 0.247. The van der Waals surface area contributed by atoms with Crippen molar-refractivity contribution in [3.05, 3.63) is 41.7 Å². The standard InChI is InChI=1S/C13H14FN5O/c14-10-7-15-4-3-12(10)18-13(20)17-9-1-2-11-8(5-9)6-16-19-11/h3-4,6-7,9H,1-2,5H2,(H,16,19)(H2,15,17,18,20)/t9-/m1/s1. The first kappa shape index (κ1) is 12.6. The zero-order chi connectivity index (χ0) is 13.9. The molecule has 1 atom stereocenters. The van der Waals surface area contributed by atoms with E-state index in [1.165, 1.54) is 12.3 Å². The smallest absolute Gasteiger partial charge is 0.319 e. The van der Waals surface area contributed by atoms with E-state index in [0.29, 0.717) is 0 Å². The molecule has 0 bridgehead atoms. The van der Waals surface area contributed by atoms with Gasteiger partial charge in [-0.05, 0) is 30.9 Å². The molecule has 0 aliphatic heterocycles. The maximum absolute atomic E-state index is 13.4. The van der Waals surface area contributed by atoms with Gasteiger partial charge in [-0.3, -0.25) is 10.1 Å². The fraction of sp³-hybridized carbons (Fsp3) is 0.308. The second kappa shape index (κ2) is 5.28. The van der Waals surface area contributed by atoms with E-state index in [0.717, 1.165) is 36.7 Å². The van der Waals surface area contributed by atoms with Crippen molar-refractivity contribution in [1.82, 2.24) is 20.5 Å². The van der Waals surface area contributed by atoms with Crippen LogP contribution in [0.1, 0.15) is 17.7 Å². The number of anilines is 1. The highest BCUT2D eigenvalue weighted by atomic mass is 19.1. The lowest BCUT2D eigenvalue weighted by Gasteiger charge is -2.23. The minimum Gasteiger partial charge on any atom is -0.335 e. The highest BCUT2D eigenvalue weighted by molar-refractivity contribution is 5.89. The van der Waals surface area contributed by atoms with Gasteiger partial charge in [-0.15, -0.1) is 0 Å². The number of urea groups is 1. The zero-order valence-electron chi connectivity index (χ0n) is 10.7. The number of aryl methyl sites for hydroxylation is 1. The van der Waals surface area contributed by atoms with Crippen LogP contribution < -0.4 is 10.6 Å². The van der Waals surface area contributed by atoms with Crippen LogP contribution in [0, 0.1) is 5.82 Å². The van der Waals surface area contributed by atoms with Gasteiger partial charge in [-0.1, -0.05) is 0 Å². The van der Waals surface area contributed by atoms with Crippen molar-refractivity contribution in [2.45, 2.75) is 25.3 Å². The molecule has 1 aliphatic rings. The molecule has 2 amide bonds. The fourth-order valence-corrected chi connectivity index (χ4v) is 2.36. The summed E-state index contributed by atoms with van der Waals surface area (Å²) in [6.45, 7) is 0. The SMILES string of the molecule is O=C(Nc1ccncc1F)N[C@@H]1CCc2[nH]ncc2C1. The molecule has 104 valence electrons. The lowest BCUT2D eigenvalue weighted by Crippen LogP contribution is -2.41. The van der Waals surface area contributed by atoms with Gasteiger partial charge in [0, 0.05) is 17.9 Å². The molecule has 3 N–H and O–H groups in total. The van der Waals surface area contributed by atoms with E-state index in [4.69, 9.17) is 0 Å². The highest BCUT2D eigenvalue weighted by Crippen LogP contribution is 2.19. The van der Waals surface area contributed by atoms with E-state index in [1.54, 1.807) is 6.20 Å². The number of fused-ring (bicyclic) bond motifs is 1. The van der Waals surface area contributed by atoms with Gasteiger partial charge in [0.15, 0.2) is 5.82 Å². The molecule has 0 radical (unpaired) electrons. The van der Waals surface area contributed by atoms with Crippen molar-refractivity contribution >= 4 is 11.7 Å². The van der Waals surface area contributed by atoms with Gasteiger partial charge in [0.25, 0.3) is 0 Å². The third-order valence-corrected chi connectivity index (χ3v) is 3.37. The molecule has 7 heteroatoms. The van der Waals surface area contributed by atoms with E-state index in [9.17, 15) is 9.18 Å². The van der Waals surface area contributed by atoms with E-state index in [1.807, 2.05) is 0 Å². The normalized spacial score (nSPS) is 17.4. The molecule has 1 aliphatic carbocycles. The Morgan fingerprint density at radius 2 is 2.35 bits per heavy atom. The maximum atomic E-state index is 13.4. The topological polar surface area (TPSA) is 82.7 Å². The number of nitrogens with one attached hydrogen (secondary N) is 3. The number of halogens is 1. The lowest BCUT2D eigenvalue weighted by atomic mass is 9.94. The molecule has 6 nitrogen and oxygen atoms in total. The number of hydrogen-bond donors (Lipinski definition) is 3. The number of nitrogens with zero attached hydrogens (tertiary/aromatic N) is 2. The third-order valence-electron chi connectivity index (χ3n) is 3.37. The second-order valence-corrected chi connectivity index (χ2v) is 4.77. The first-order valence-corrected chi connectivity index (χ1v) is 6.40. The van der Waals surface area contributed by atoms with Crippen LogP contribution in [-0.2, 0) is 12.8 Å². The number of aromatic nitrogens is 3. The van der Waals surface area contributed by atoms with Crippen LogP contribution in [0.15, 0.2) is 24.7 Å². The van der Waals surface area contributed by atoms with E-state index in [2.05, 4.69) is 25.8 Å². The largest absolute Gasteiger partial charge is 0.335 e. The Balaban J connectivity index is 1.59. The average molecular weight is 275 g/mol. The van der Waals surface area contributed by atoms with Crippen LogP contribution >= 0.6 is 0 Å². The summed E-state index contributed by atoms with van der Waals surface area (Å²) >= 11 is 0. The predicted molar refractivity (Wildman–Crippen MR) is 70.8 cm³/mol. The summed E-state index contributed by atoms with van der Waals surface area (Å²) in [6, 6.07) is 1.04. The summed E-state index contributed by atoms with van der Waals surface area (Å²) in [7, 11) is 0. The van der Waals surface area contributed by atoms with E-state index < -0.39 is 11.8 Å². The van der Waals surface area contributed by atoms with Crippen molar-refractivity contribution in [1.29, 1.82) is 0 Å². The number of carbonyl (C=O) groups is 1. The molecule has 0 saturated carbocycles. The maximum Gasteiger partial charge on any atom is 0.319 e.